The fourth-order valence-corrected chi connectivity index (χ4v) is 4.58. The summed E-state index contributed by atoms with van der Waals surface area (Å²) >= 11 is 1.32. The highest BCUT2D eigenvalue weighted by Gasteiger charge is 2.28. The van der Waals surface area contributed by atoms with E-state index in [4.69, 9.17) is 9.47 Å². The van der Waals surface area contributed by atoms with Gasteiger partial charge in [-0.3, -0.25) is 14.6 Å². The van der Waals surface area contributed by atoms with Crippen molar-refractivity contribution < 1.29 is 19.1 Å². The average molecular weight is 465 g/mol. The Kier molecular flexibility index (Phi) is 7.73. The molecule has 1 N–H and O–H groups in total. The molecule has 3 atom stereocenters. The molecular formula is C26H28N2O4S. The zero-order valence-electron chi connectivity index (χ0n) is 18.6. The summed E-state index contributed by atoms with van der Waals surface area (Å²) in [6.45, 7) is 2.27. The Bertz CT molecular complexity index is 1040. The van der Waals surface area contributed by atoms with Crippen LogP contribution in [0.15, 0.2) is 66.3 Å². The van der Waals surface area contributed by atoms with Crippen LogP contribution in [-0.2, 0) is 16.1 Å². The third kappa shape index (κ3) is 6.65. The number of aromatic nitrogens is 1. The van der Waals surface area contributed by atoms with Gasteiger partial charge < -0.3 is 14.8 Å². The zero-order chi connectivity index (χ0) is 23.0. The molecule has 0 bridgehead atoms. The molecule has 0 aliphatic heterocycles. The number of nitrogens with zero attached hydrogens (tertiary/aromatic N) is 1. The van der Waals surface area contributed by atoms with Crippen LogP contribution in [0, 0.1) is 5.92 Å². The van der Waals surface area contributed by atoms with Gasteiger partial charge in [0.1, 0.15) is 17.2 Å². The second kappa shape index (κ2) is 11.1. The van der Waals surface area contributed by atoms with E-state index >= 15 is 0 Å². The molecular weight excluding hydrogens is 436 g/mol. The molecule has 1 amide bonds. The smallest absolute Gasteiger partial charge is 0.306 e. The number of carbonyl (C=O) groups is 2. The number of carbonyl (C=O) groups excluding carboxylic acids is 2. The van der Waals surface area contributed by atoms with Crippen molar-refractivity contribution in [3.8, 4) is 5.75 Å². The van der Waals surface area contributed by atoms with Crippen LogP contribution in [0.1, 0.15) is 59.4 Å². The predicted molar refractivity (Wildman–Crippen MR) is 127 cm³/mol. The highest BCUT2D eigenvalue weighted by Crippen LogP contribution is 2.32. The van der Waals surface area contributed by atoms with Gasteiger partial charge in [0.2, 0.25) is 0 Å². The first kappa shape index (κ1) is 23.0. The number of benzene rings is 2. The number of nitrogens with one attached hydrogen (secondary N) is 1. The van der Waals surface area contributed by atoms with Crippen LogP contribution in [0.25, 0.3) is 0 Å². The van der Waals surface area contributed by atoms with Gasteiger partial charge in [-0.2, -0.15) is 0 Å². The van der Waals surface area contributed by atoms with Crippen LogP contribution in [0.3, 0.4) is 0 Å². The van der Waals surface area contributed by atoms with E-state index in [0.717, 1.165) is 36.1 Å². The van der Waals surface area contributed by atoms with E-state index < -0.39 is 0 Å². The number of amides is 1. The van der Waals surface area contributed by atoms with Gasteiger partial charge in [-0.05, 0) is 55.4 Å². The fourth-order valence-electron chi connectivity index (χ4n) is 4.06. The lowest BCUT2D eigenvalue weighted by molar-refractivity contribution is -0.146. The first-order chi connectivity index (χ1) is 16.1. The topological polar surface area (TPSA) is 77.5 Å². The molecule has 0 radical (unpaired) electrons. The van der Waals surface area contributed by atoms with Crippen molar-refractivity contribution >= 4 is 23.2 Å². The monoisotopic (exact) mass is 464 g/mol. The van der Waals surface area contributed by atoms with Crippen LogP contribution >= 0.6 is 11.3 Å². The molecule has 33 heavy (non-hydrogen) atoms. The van der Waals surface area contributed by atoms with Crippen molar-refractivity contribution in [1.29, 1.82) is 0 Å². The van der Waals surface area contributed by atoms with Gasteiger partial charge in [0.05, 0.1) is 23.9 Å². The Labute approximate surface area is 198 Å². The fraction of sp³-hybridized carbons (Fsp3) is 0.346. The molecule has 1 heterocycles. The van der Waals surface area contributed by atoms with E-state index in [0.29, 0.717) is 23.8 Å². The number of rotatable bonds is 9. The lowest BCUT2D eigenvalue weighted by Gasteiger charge is -2.17. The van der Waals surface area contributed by atoms with Crippen molar-refractivity contribution in [2.75, 3.05) is 0 Å². The maximum absolute atomic E-state index is 12.2. The van der Waals surface area contributed by atoms with Gasteiger partial charge >= 0.3 is 5.97 Å². The molecule has 2 aromatic carbocycles. The normalized spacial score (nSPS) is 18.5. The Morgan fingerprint density at radius 2 is 1.91 bits per heavy atom. The molecule has 7 heteroatoms. The molecule has 1 saturated carbocycles. The van der Waals surface area contributed by atoms with Gasteiger partial charge in [-0.1, -0.05) is 42.5 Å². The maximum Gasteiger partial charge on any atom is 0.306 e. The molecule has 0 saturated heterocycles. The standard InChI is InChI=1S/C26H28N2O4S/c1-18(28-26(30)24-15-27-17-33-24)21-8-11-22(12-9-21)32-23-10-7-20(13-23)14-25(29)31-16-19-5-3-2-4-6-19/h2-6,8-9,11-12,15,17-18,20,23H,7,10,13-14,16H2,1H3,(H,28,30)/t18-,20?,23+/m0/s1. The first-order valence-corrected chi connectivity index (χ1v) is 12.1. The van der Waals surface area contributed by atoms with Crippen LogP contribution < -0.4 is 10.1 Å². The Morgan fingerprint density at radius 3 is 2.64 bits per heavy atom. The lowest BCUT2D eigenvalue weighted by Crippen LogP contribution is -2.25. The molecule has 1 aromatic heterocycles. The number of esters is 1. The van der Waals surface area contributed by atoms with Crippen molar-refractivity contribution in [2.45, 2.75) is 51.4 Å². The molecule has 1 aliphatic carbocycles. The van der Waals surface area contributed by atoms with Crippen LogP contribution in [-0.4, -0.2) is 23.0 Å². The molecule has 1 fully saturated rings. The Hall–Kier alpha value is -3.19. The van der Waals surface area contributed by atoms with E-state index in [-0.39, 0.29) is 24.0 Å². The molecule has 172 valence electrons. The average Bonchev–Trinajstić information content (AvgIpc) is 3.51. The third-order valence-corrected chi connectivity index (χ3v) is 6.65. The number of hydrogen-bond donors (Lipinski definition) is 1. The summed E-state index contributed by atoms with van der Waals surface area (Å²) in [4.78, 5) is 28.9. The predicted octanol–water partition coefficient (Wildman–Crippen LogP) is 5.32. The number of ether oxygens (including phenoxy) is 2. The molecule has 1 aliphatic rings. The van der Waals surface area contributed by atoms with E-state index in [1.807, 2.05) is 61.5 Å². The van der Waals surface area contributed by atoms with E-state index in [9.17, 15) is 9.59 Å². The lowest BCUT2D eigenvalue weighted by atomic mass is 10.0. The van der Waals surface area contributed by atoms with Gasteiger partial charge in [-0.15, -0.1) is 11.3 Å². The molecule has 0 spiro atoms. The highest BCUT2D eigenvalue weighted by atomic mass is 32.1. The second-order valence-corrected chi connectivity index (χ2v) is 9.29. The van der Waals surface area contributed by atoms with Crippen molar-refractivity contribution in [1.82, 2.24) is 10.3 Å². The summed E-state index contributed by atoms with van der Waals surface area (Å²) in [6, 6.07) is 17.4. The largest absolute Gasteiger partial charge is 0.490 e. The van der Waals surface area contributed by atoms with Crippen LogP contribution in [0.5, 0.6) is 5.75 Å². The van der Waals surface area contributed by atoms with Gasteiger partial charge in [-0.25, -0.2) is 0 Å². The summed E-state index contributed by atoms with van der Waals surface area (Å²) in [5.74, 6) is 0.824. The number of hydrogen-bond acceptors (Lipinski definition) is 6. The number of thiazole rings is 1. The molecule has 4 rings (SSSR count). The van der Waals surface area contributed by atoms with Gasteiger partial charge in [0.25, 0.3) is 5.91 Å². The van der Waals surface area contributed by atoms with Crippen molar-refractivity contribution in [3.05, 3.63) is 82.3 Å². The van der Waals surface area contributed by atoms with Gasteiger partial charge in [0.15, 0.2) is 0 Å². The molecule has 3 aromatic rings. The second-order valence-electron chi connectivity index (χ2n) is 8.40. The highest BCUT2D eigenvalue weighted by molar-refractivity contribution is 7.11. The minimum Gasteiger partial charge on any atom is -0.490 e. The van der Waals surface area contributed by atoms with E-state index in [1.54, 1.807) is 11.7 Å². The SMILES string of the molecule is C[C@H](NC(=O)c1cncs1)c1ccc(O[C@@H]2CCC(CC(=O)OCc3ccccc3)C2)cc1. The minimum absolute atomic E-state index is 0.103. The Balaban J connectivity index is 1.20. The Morgan fingerprint density at radius 1 is 1.12 bits per heavy atom. The zero-order valence-corrected chi connectivity index (χ0v) is 19.4. The van der Waals surface area contributed by atoms with E-state index in [2.05, 4.69) is 10.3 Å². The quantitative estimate of drug-likeness (QED) is 0.434. The summed E-state index contributed by atoms with van der Waals surface area (Å²) in [7, 11) is 0. The molecule has 1 unspecified atom stereocenters. The van der Waals surface area contributed by atoms with Crippen molar-refractivity contribution in [3.63, 3.8) is 0 Å². The summed E-state index contributed by atoms with van der Waals surface area (Å²) in [5.41, 5.74) is 3.65. The van der Waals surface area contributed by atoms with Gasteiger partial charge in [0, 0.05) is 6.42 Å². The van der Waals surface area contributed by atoms with Crippen LogP contribution in [0.4, 0.5) is 0 Å². The summed E-state index contributed by atoms with van der Waals surface area (Å²) in [6.07, 6.45) is 4.85. The van der Waals surface area contributed by atoms with E-state index in [1.165, 1.54) is 11.3 Å². The minimum atomic E-state index is -0.150. The maximum atomic E-state index is 12.2. The molecule has 6 nitrogen and oxygen atoms in total. The first-order valence-electron chi connectivity index (χ1n) is 11.2. The summed E-state index contributed by atoms with van der Waals surface area (Å²) < 4.78 is 11.6. The van der Waals surface area contributed by atoms with Crippen LogP contribution in [0.2, 0.25) is 0 Å². The van der Waals surface area contributed by atoms with Crippen molar-refractivity contribution in [2.24, 2.45) is 5.92 Å². The summed E-state index contributed by atoms with van der Waals surface area (Å²) in [5, 5.41) is 2.98. The third-order valence-electron chi connectivity index (χ3n) is 5.88.